The summed E-state index contributed by atoms with van der Waals surface area (Å²) in [6.45, 7) is -0.152. The lowest BCUT2D eigenvalue weighted by atomic mass is 9.96. The molecule has 0 radical (unpaired) electrons. The molecule has 0 amide bonds. The van der Waals surface area contributed by atoms with Crippen molar-refractivity contribution in [3.63, 3.8) is 0 Å². The maximum atomic E-state index is 11.9. The van der Waals surface area contributed by atoms with Crippen molar-refractivity contribution < 1.29 is 29.3 Å². The summed E-state index contributed by atoms with van der Waals surface area (Å²) in [7, 11) is 0. The third-order valence-electron chi connectivity index (χ3n) is 3.83. The number of ether oxygens (including phenoxy) is 1. The van der Waals surface area contributed by atoms with Crippen molar-refractivity contribution in [1.29, 1.82) is 0 Å². The molecule has 6 nitrogen and oxygen atoms in total. The molecule has 0 aromatic rings. The smallest absolute Gasteiger partial charge is 0.314 e. The van der Waals surface area contributed by atoms with Crippen LogP contribution in [0.1, 0.15) is 57.8 Å². The molecule has 0 saturated heterocycles. The number of carboxylic acid groups (broad SMARTS) is 2. The van der Waals surface area contributed by atoms with E-state index in [-0.39, 0.29) is 25.6 Å². The number of carbonyl (C=O) groups is 3. The van der Waals surface area contributed by atoms with E-state index in [9.17, 15) is 14.4 Å². The average Bonchev–Trinajstić information content (AvgIpc) is 2.45. The van der Waals surface area contributed by atoms with E-state index in [1.807, 2.05) is 0 Å². The fourth-order valence-electron chi connectivity index (χ4n) is 2.58. The van der Waals surface area contributed by atoms with Gasteiger partial charge in [0.05, 0.1) is 6.10 Å². The second-order valence-corrected chi connectivity index (χ2v) is 5.57. The highest BCUT2D eigenvalue weighted by Gasteiger charge is 2.26. The van der Waals surface area contributed by atoms with E-state index in [2.05, 4.69) is 0 Å². The van der Waals surface area contributed by atoms with Crippen LogP contribution in [0.4, 0.5) is 0 Å². The zero-order valence-electron chi connectivity index (χ0n) is 12.3. The number of carbonyl (C=O) groups excluding carboxylic acids is 1. The van der Waals surface area contributed by atoms with Gasteiger partial charge < -0.3 is 14.9 Å². The Labute approximate surface area is 124 Å². The molecule has 0 bridgehead atoms. The monoisotopic (exact) mass is 300 g/mol. The van der Waals surface area contributed by atoms with E-state index in [0.29, 0.717) is 12.8 Å². The minimum Gasteiger partial charge on any atom is -0.481 e. The molecule has 21 heavy (non-hydrogen) atoms. The van der Waals surface area contributed by atoms with Crippen molar-refractivity contribution in [3.05, 3.63) is 0 Å². The summed E-state index contributed by atoms with van der Waals surface area (Å²) in [5.41, 5.74) is 0. The molecule has 1 aliphatic carbocycles. The van der Waals surface area contributed by atoms with Gasteiger partial charge in [0.15, 0.2) is 5.78 Å². The Hall–Kier alpha value is -1.43. The predicted octanol–water partition coefficient (Wildman–Crippen LogP) is 2.25. The van der Waals surface area contributed by atoms with Gasteiger partial charge in [0, 0.05) is 6.42 Å². The van der Waals surface area contributed by atoms with Gasteiger partial charge in [-0.1, -0.05) is 25.7 Å². The molecule has 1 fully saturated rings. The molecule has 0 aromatic carbocycles. The summed E-state index contributed by atoms with van der Waals surface area (Å²) in [5.74, 6) is -3.55. The highest BCUT2D eigenvalue weighted by Crippen LogP contribution is 2.21. The number of rotatable bonds is 10. The minimum atomic E-state index is -1.15. The molecule has 1 saturated carbocycles. The van der Waals surface area contributed by atoms with Crippen LogP contribution in [0.2, 0.25) is 0 Å². The summed E-state index contributed by atoms with van der Waals surface area (Å²) >= 11 is 0. The third-order valence-corrected chi connectivity index (χ3v) is 3.83. The molecule has 1 unspecified atom stereocenters. The highest BCUT2D eigenvalue weighted by atomic mass is 16.5. The Morgan fingerprint density at radius 1 is 1.05 bits per heavy atom. The lowest BCUT2D eigenvalue weighted by Crippen LogP contribution is -2.30. The van der Waals surface area contributed by atoms with Crippen molar-refractivity contribution in [2.75, 3.05) is 6.61 Å². The number of hydrogen-bond acceptors (Lipinski definition) is 4. The quantitative estimate of drug-likeness (QED) is 0.474. The lowest BCUT2D eigenvalue weighted by Gasteiger charge is -2.22. The Bertz CT molecular complexity index is 359. The van der Waals surface area contributed by atoms with Crippen molar-refractivity contribution in [2.45, 2.75) is 63.9 Å². The molecule has 120 valence electrons. The van der Waals surface area contributed by atoms with Gasteiger partial charge >= 0.3 is 11.9 Å². The van der Waals surface area contributed by atoms with Crippen LogP contribution in [0.3, 0.4) is 0 Å². The van der Waals surface area contributed by atoms with Gasteiger partial charge in [-0.05, 0) is 25.7 Å². The number of Topliss-reactive ketones (excluding diaryl/α,β-unsaturated/α-hetero) is 1. The molecule has 2 N–H and O–H groups in total. The molecular formula is C15H24O6. The van der Waals surface area contributed by atoms with Crippen molar-refractivity contribution in [3.8, 4) is 0 Å². The van der Waals surface area contributed by atoms with Gasteiger partial charge in [-0.2, -0.15) is 0 Å². The van der Waals surface area contributed by atoms with Gasteiger partial charge in [0.25, 0.3) is 0 Å². The predicted molar refractivity (Wildman–Crippen MR) is 75.1 cm³/mol. The maximum Gasteiger partial charge on any atom is 0.314 e. The van der Waals surface area contributed by atoms with Crippen molar-refractivity contribution in [1.82, 2.24) is 0 Å². The van der Waals surface area contributed by atoms with Crippen LogP contribution in [0.5, 0.6) is 0 Å². The fraction of sp³-hybridized carbons (Fsp3) is 0.800. The summed E-state index contributed by atoms with van der Waals surface area (Å²) in [5, 5.41) is 17.6. The first kappa shape index (κ1) is 17.6. The minimum absolute atomic E-state index is 0.000889. The number of hydrogen-bond donors (Lipinski definition) is 2. The SMILES string of the molecule is O=C(O)CCCCC(C(=O)O)C(=O)COC1CCCCC1. The summed E-state index contributed by atoms with van der Waals surface area (Å²) in [6.07, 6.45) is 6.29. The largest absolute Gasteiger partial charge is 0.481 e. The summed E-state index contributed by atoms with van der Waals surface area (Å²) < 4.78 is 5.51. The molecule has 1 rings (SSSR count). The molecule has 0 spiro atoms. The molecule has 0 aliphatic heterocycles. The molecule has 1 atom stereocenters. The van der Waals surface area contributed by atoms with Crippen LogP contribution < -0.4 is 0 Å². The van der Waals surface area contributed by atoms with Gasteiger partial charge in [-0.15, -0.1) is 0 Å². The zero-order valence-corrected chi connectivity index (χ0v) is 12.3. The third kappa shape index (κ3) is 7.22. The van der Waals surface area contributed by atoms with Gasteiger partial charge in [0.2, 0.25) is 0 Å². The number of unbranched alkanes of at least 4 members (excludes halogenated alkanes) is 1. The Morgan fingerprint density at radius 2 is 1.71 bits per heavy atom. The Morgan fingerprint density at radius 3 is 2.29 bits per heavy atom. The van der Waals surface area contributed by atoms with E-state index in [0.717, 1.165) is 25.7 Å². The van der Waals surface area contributed by atoms with E-state index in [4.69, 9.17) is 14.9 Å². The van der Waals surface area contributed by atoms with E-state index in [1.54, 1.807) is 0 Å². The van der Waals surface area contributed by atoms with Gasteiger partial charge in [-0.3, -0.25) is 14.4 Å². The lowest BCUT2D eigenvalue weighted by molar-refractivity contribution is -0.149. The number of carboxylic acids is 2. The molecule has 1 aliphatic rings. The van der Waals surface area contributed by atoms with Crippen molar-refractivity contribution in [2.24, 2.45) is 5.92 Å². The van der Waals surface area contributed by atoms with Crippen LogP contribution in [0.15, 0.2) is 0 Å². The second kappa shape index (κ2) is 9.50. The number of aliphatic carboxylic acids is 2. The Balaban J connectivity index is 2.31. The van der Waals surface area contributed by atoms with Crippen LogP contribution in [-0.4, -0.2) is 40.6 Å². The highest BCUT2D eigenvalue weighted by molar-refractivity contribution is 5.98. The van der Waals surface area contributed by atoms with E-state index < -0.39 is 23.6 Å². The second-order valence-electron chi connectivity index (χ2n) is 5.57. The van der Waals surface area contributed by atoms with E-state index >= 15 is 0 Å². The van der Waals surface area contributed by atoms with Crippen LogP contribution in [0, 0.1) is 5.92 Å². The van der Waals surface area contributed by atoms with Gasteiger partial charge in [-0.25, -0.2) is 0 Å². The van der Waals surface area contributed by atoms with E-state index in [1.165, 1.54) is 6.42 Å². The average molecular weight is 300 g/mol. The molecule has 6 heteroatoms. The van der Waals surface area contributed by atoms with Crippen molar-refractivity contribution >= 4 is 17.7 Å². The first-order chi connectivity index (χ1) is 10.0. The van der Waals surface area contributed by atoms with Gasteiger partial charge in [0.1, 0.15) is 12.5 Å². The zero-order chi connectivity index (χ0) is 15.7. The first-order valence-electron chi connectivity index (χ1n) is 7.59. The molecular weight excluding hydrogens is 276 g/mol. The summed E-state index contributed by atoms with van der Waals surface area (Å²) in [6, 6.07) is 0. The standard InChI is InChI=1S/C15H24O6/c16-13(10-21-11-6-2-1-3-7-11)12(15(19)20)8-4-5-9-14(17)18/h11-12H,1-10H2,(H,17,18)(H,19,20). The first-order valence-corrected chi connectivity index (χ1v) is 7.59. The van der Waals surface area contributed by atoms with Crippen LogP contribution in [-0.2, 0) is 19.1 Å². The normalized spacial score (nSPS) is 17.3. The topological polar surface area (TPSA) is 101 Å². The maximum absolute atomic E-state index is 11.9. The Kier molecular flexibility index (Phi) is 7.97. The van der Waals surface area contributed by atoms with Crippen LogP contribution in [0.25, 0.3) is 0 Å². The molecule has 0 heterocycles. The summed E-state index contributed by atoms with van der Waals surface area (Å²) in [4.78, 5) is 33.4. The van der Waals surface area contributed by atoms with Crippen LogP contribution >= 0.6 is 0 Å². The fourth-order valence-corrected chi connectivity index (χ4v) is 2.58. The number of ketones is 1. The molecule has 0 aromatic heterocycles.